The Hall–Kier alpha value is -3.74. The highest BCUT2D eigenvalue weighted by atomic mass is 16.5. The number of methoxy groups -OCH3 is 1. The number of hydrogen-bond donors (Lipinski definition) is 2. The van der Waals surface area contributed by atoms with Gasteiger partial charge in [-0.25, -0.2) is 0 Å². The topological polar surface area (TPSA) is 85.6 Å². The first-order chi connectivity index (χ1) is 13.9. The number of amides is 1. The Balaban J connectivity index is 1.59. The Morgan fingerprint density at radius 3 is 2.76 bits per heavy atom. The Labute approximate surface area is 169 Å². The maximum Gasteiger partial charge on any atom is 0.248 e. The van der Waals surface area contributed by atoms with Gasteiger partial charge in [-0.05, 0) is 48.9 Å². The van der Waals surface area contributed by atoms with Crippen LogP contribution < -0.4 is 14.8 Å². The molecule has 0 atom stereocenters. The molecule has 1 aromatic heterocycles. The first-order valence-corrected chi connectivity index (χ1v) is 9.03. The molecular weight excluding hydrogens is 370 g/mol. The van der Waals surface area contributed by atoms with Gasteiger partial charge in [0.1, 0.15) is 12.4 Å². The summed E-state index contributed by atoms with van der Waals surface area (Å²) in [5.41, 5.74) is 3.20. The van der Waals surface area contributed by atoms with Gasteiger partial charge in [-0.15, -0.1) is 0 Å². The van der Waals surface area contributed by atoms with E-state index in [-0.39, 0.29) is 11.7 Å². The molecule has 7 nitrogen and oxygen atoms in total. The third-order valence-corrected chi connectivity index (χ3v) is 4.22. The summed E-state index contributed by atoms with van der Waals surface area (Å²) in [5, 5.41) is 16.9. The zero-order valence-electron chi connectivity index (χ0n) is 16.5. The third-order valence-electron chi connectivity index (χ3n) is 4.22. The predicted molar refractivity (Wildman–Crippen MR) is 111 cm³/mol. The van der Waals surface area contributed by atoms with Crippen molar-refractivity contribution in [2.24, 2.45) is 7.05 Å². The maximum absolute atomic E-state index is 12.2. The van der Waals surface area contributed by atoms with Gasteiger partial charge in [0, 0.05) is 24.9 Å². The smallest absolute Gasteiger partial charge is 0.248 e. The molecule has 0 saturated heterocycles. The Bertz CT molecular complexity index is 1040. The van der Waals surface area contributed by atoms with E-state index in [2.05, 4.69) is 10.4 Å². The second-order valence-corrected chi connectivity index (χ2v) is 6.47. The van der Waals surface area contributed by atoms with Crippen LogP contribution in [-0.2, 0) is 18.4 Å². The number of ether oxygens (including phenoxy) is 2. The number of rotatable bonds is 7. The highest BCUT2D eigenvalue weighted by Crippen LogP contribution is 2.26. The standard InChI is InChI=1S/C22H23N3O4/c1-15-11-18(25(2)24-15)14-29-19-6-4-5-17(13-19)23-22(27)10-8-16-7-9-21(28-3)20(26)12-16/h4-13,26H,14H2,1-3H3,(H,23,27). The molecule has 29 heavy (non-hydrogen) atoms. The molecule has 150 valence electrons. The van der Waals surface area contributed by atoms with E-state index < -0.39 is 0 Å². The van der Waals surface area contributed by atoms with E-state index in [9.17, 15) is 9.90 Å². The normalized spacial score (nSPS) is 10.9. The van der Waals surface area contributed by atoms with E-state index in [4.69, 9.17) is 9.47 Å². The van der Waals surface area contributed by atoms with Crippen molar-refractivity contribution in [1.29, 1.82) is 0 Å². The molecule has 3 aromatic rings. The predicted octanol–water partition coefficient (Wildman–Crippen LogP) is 3.67. The molecule has 0 unspecified atom stereocenters. The molecule has 0 aliphatic carbocycles. The van der Waals surface area contributed by atoms with Gasteiger partial charge < -0.3 is 19.9 Å². The summed E-state index contributed by atoms with van der Waals surface area (Å²) in [6, 6.07) is 14.1. The zero-order valence-corrected chi connectivity index (χ0v) is 16.5. The van der Waals surface area contributed by atoms with Crippen LogP contribution in [0.25, 0.3) is 6.08 Å². The molecular formula is C22H23N3O4. The lowest BCUT2D eigenvalue weighted by molar-refractivity contribution is -0.111. The molecule has 7 heteroatoms. The van der Waals surface area contributed by atoms with Crippen LogP contribution in [0.15, 0.2) is 54.6 Å². The summed E-state index contributed by atoms with van der Waals surface area (Å²) in [6.45, 7) is 2.32. The molecule has 0 radical (unpaired) electrons. The zero-order chi connectivity index (χ0) is 20.8. The molecule has 2 aromatic carbocycles. The summed E-state index contributed by atoms with van der Waals surface area (Å²) in [7, 11) is 3.35. The largest absolute Gasteiger partial charge is 0.504 e. The first-order valence-electron chi connectivity index (χ1n) is 9.03. The molecule has 0 aliphatic rings. The minimum atomic E-state index is -0.292. The second kappa shape index (κ2) is 8.97. The Kier molecular flexibility index (Phi) is 6.19. The van der Waals surface area contributed by atoms with E-state index in [1.54, 1.807) is 35.0 Å². The van der Waals surface area contributed by atoms with Crippen LogP contribution >= 0.6 is 0 Å². The van der Waals surface area contributed by atoms with E-state index in [1.807, 2.05) is 32.2 Å². The summed E-state index contributed by atoms with van der Waals surface area (Å²) in [4.78, 5) is 12.2. The fourth-order valence-electron chi connectivity index (χ4n) is 2.79. The molecule has 0 bridgehead atoms. The monoisotopic (exact) mass is 393 g/mol. The molecule has 0 fully saturated rings. The lowest BCUT2D eigenvalue weighted by Crippen LogP contribution is -2.08. The number of aromatic nitrogens is 2. The van der Waals surface area contributed by atoms with Crippen molar-refractivity contribution in [3.63, 3.8) is 0 Å². The fraction of sp³-hybridized carbons (Fsp3) is 0.182. The summed E-state index contributed by atoms with van der Waals surface area (Å²) in [5.74, 6) is 0.749. The maximum atomic E-state index is 12.2. The van der Waals surface area contributed by atoms with Crippen LogP contribution in [0.3, 0.4) is 0 Å². The van der Waals surface area contributed by atoms with Crippen LogP contribution in [-0.4, -0.2) is 27.9 Å². The summed E-state index contributed by atoms with van der Waals surface area (Å²) in [6.07, 6.45) is 3.01. The van der Waals surface area contributed by atoms with Crippen molar-refractivity contribution in [2.75, 3.05) is 12.4 Å². The van der Waals surface area contributed by atoms with Crippen molar-refractivity contribution in [2.45, 2.75) is 13.5 Å². The van der Waals surface area contributed by atoms with Gasteiger partial charge in [0.2, 0.25) is 5.91 Å². The Morgan fingerprint density at radius 2 is 2.07 bits per heavy atom. The minimum absolute atomic E-state index is 0.0172. The molecule has 1 amide bonds. The first kappa shape index (κ1) is 20.0. The van der Waals surface area contributed by atoms with E-state index in [0.717, 1.165) is 11.4 Å². The number of nitrogens with one attached hydrogen (secondary N) is 1. The van der Waals surface area contributed by atoms with Gasteiger partial charge in [-0.2, -0.15) is 5.10 Å². The number of aromatic hydroxyl groups is 1. The van der Waals surface area contributed by atoms with Crippen molar-refractivity contribution in [3.8, 4) is 17.2 Å². The van der Waals surface area contributed by atoms with Crippen LogP contribution in [0.5, 0.6) is 17.2 Å². The van der Waals surface area contributed by atoms with E-state index in [0.29, 0.717) is 29.4 Å². The summed E-state index contributed by atoms with van der Waals surface area (Å²) >= 11 is 0. The number of benzene rings is 2. The van der Waals surface area contributed by atoms with Gasteiger partial charge in [-0.1, -0.05) is 12.1 Å². The van der Waals surface area contributed by atoms with Crippen LogP contribution in [0.2, 0.25) is 0 Å². The lowest BCUT2D eigenvalue weighted by atomic mass is 10.2. The summed E-state index contributed by atoms with van der Waals surface area (Å²) < 4.78 is 12.6. The average Bonchev–Trinajstić information content (AvgIpc) is 3.02. The van der Waals surface area contributed by atoms with Crippen LogP contribution in [0.4, 0.5) is 5.69 Å². The van der Waals surface area contributed by atoms with E-state index >= 15 is 0 Å². The molecule has 0 spiro atoms. The molecule has 1 heterocycles. The number of hydrogen-bond acceptors (Lipinski definition) is 5. The fourth-order valence-corrected chi connectivity index (χ4v) is 2.79. The minimum Gasteiger partial charge on any atom is -0.504 e. The number of carbonyl (C=O) groups is 1. The SMILES string of the molecule is COc1ccc(C=CC(=O)Nc2cccc(OCc3cc(C)nn3C)c2)cc1O. The number of carbonyl (C=O) groups excluding carboxylic acids is 1. The lowest BCUT2D eigenvalue weighted by Gasteiger charge is -2.08. The van der Waals surface area contributed by atoms with Gasteiger partial charge >= 0.3 is 0 Å². The highest BCUT2D eigenvalue weighted by Gasteiger charge is 2.05. The average molecular weight is 393 g/mol. The number of nitrogens with zero attached hydrogens (tertiary/aromatic N) is 2. The number of aryl methyl sites for hydroxylation is 2. The number of phenolic OH excluding ortho intramolecular Hbond substituents is 1. The molecule has 0 aliphatic heterocycles. The molecule has 2 N–H and O–H groups in total. The van der Waals surface area contributed by atoms with Crippen LogP contribution in [0, 0.1) is 6.92 Å². The van der Waals surface area contributed by atoms with E-state index in [1.165, 1.54) is 19.3 Å². The quantitative estimate of drug-likeness (QED) is 0.598. The number of anilines is 1. The van der Waals surface area contributed by atoms with Gasteiger partial charge in [0.25, 0.3) is 0 Å². The van der Waals surface area contributed by atoms with Gasteiger partial charge in [0.15, 0.2) is 11.5 Å². The third kappa shape index (κ3) is 5.38. The number of phenols is 1. The highest BCUT2D eigenvalue weighted by molar-refractivity contribution is 6.02. The van der Waals surface area contributed by atoms with Gasteiger partial charge in [-0.3, -0.25) is 9.48 Å². The van der Waals surface area contributed by atoms with Crippen molar-refractivity contribution in [3.05, 3.63) is 71.6 Å². The van der Waals surface area contributed by atoms with Gasteiger partial charge in [0.05, 0.1) is 18.5 Å². The van der Waals surface area contributed by atoms with Crippen LogP contribution in [0.1, 0.15) is 17.0 Å². The molecule has 0 saturated carbocycles. The van der Waals surface area contributed by atoms with Crippen molar-refractivity contribution >= 4 is 17.7 Å². The second-order valence-electron chi connectivity index (χ2n) is 6.47. The van der Waals surface area contributed by atoms with Crippen molar-refractivity contribution in [1.82, 2.24) is 9.78 Å². The Morgan fingerprint density at radius 1 is 1.24 bits per heavy atom. The van der Waals surface area contributed by atoms with Crippen molar-refractivity contribution < 1.29 is 19.4 Å². The molecule has 3 rings (SSSR count).